The molecule has 7 heavy (non-hydrogen) atoms. The Balaban J connectivity index is 3.72. The van der Waals surface area contributed by atoms with E-state index in [9.17, 15) is 0 Å². The number of hydrogen-bond acceptors (Lipinski definition) is 1. The minimum absolute atomic E-state index is 0.565. The molecule has 0 saturated carbocycles. The molecule has 0 fully saturated rings. The van der Waals surface area contributed by atoms with Gasteiger partial charge in [-0.1, -0.05) is 15.8 Å². The number of amidine groups is 1. The fourth-order valence-electron chi connectivity index (χ4n) is 0.134. The van der Waals surface area contributed by atoms with Gasteiger partial charge in [0.15, 0.2) is 0 Å². The van der Waals surface area contributed by atoms with Crippen LogP contribution in [0.4, 0.5) is 0 Å². The van der Waals surface area contributed by atoms with Crippen LogP contribution in [0.25, 0.3) is 0 Å². The molecule has 38 valence electrons. The molecule has 0 aliphatic carbocycles. The fraction of sp³-hybridized carbons (Fsp3) is 0. The highest BCUT2D eigenvalue weighted by Gasteiger charge is 1.71. The van der Waals surface area contributed by atoms with E-state index in [-0.39, 0.29) is 0 Å². The van der Waals surface area contributed by atoms with Gasteiger partial charge < -0.3 is 0 Å². The summed E-state index contributed by atoms with van der Waals surface area (Å²) in [6.07, 6.45) is 1.41. The molecule has 0 aliphatic heterocycles. The minimum atomic E-state index is 0.565. The zero-order chi connectivity index (χ0) is 5.70. The van der Waals surface area contributed by atoms with E-state index < -0.39 is 0 Å². The van der Waals surface area contributed by atoms with Crippen molar-refractivity contribution in [3.05, 3.63) is 12.8 Å². The van der Waals surface area contributed by atoms with Gasteiger partial charge in [-0.15, -0.1) is 0 Å². The third-order valence-corrected chi connectivity index (χ3v) is 0.717. The maximum Gasteiger partial charge on any atom is 0.143 e. The van der Waals surface area contributed by atoms with Crippen molar-refractivity contribution in [3.63, 3.8) is 0 Å². The van der Waals surface area contributed by atoms with Crippen LogP contribution in [0.5, 0.6) is 0 Å². The molecular weight excluding hydrogens is 107 g/mol. The second kappa shape index (κ2) is 3.69. The van der Waals surface area contributed by atoms with E-state index in [1.165, 1.54) is 6.20 Å². The summed E-state index contributed by atoms with van der Waals surface area (Å²) >= 11 is 0. The zero-order valence-corrected chi connectivity index (χ0v) is 5.12. The second-order valence-electron chi connectivity index (χ2n) is 0.828. The molecule has 0 aromatic heterocycles. The lowest BCUT2D eigenvalue weighted by Crippen LogP contribution is -1.71. The first-order valence-corrected chi connectivity index (χ1v) is 2.30. The molecule has 0 amide bonds. The van der Waals surface area contributed by atoms with E-state index in [0.717, 1.165) is 0 Å². The van der Waals surface area contributed by atoms with Gasteiger partial charge in [-0.2, -0.15) is 0 Å². The Kier molecular flexibility index (Phi) is 3.43. The van der Waals surface area contributed by atoms with Crippen molar-refractivity contribution in [2.75, 3.05) is 0 Å². The highest BCUT2D eigenvalue weighted by Crippen LogP contribution is 1.88. The van der Waals surface area contributed by atoms with Crippen molar-refractivity contribution in [2.24, 2.45) is 9.98 Å². The third kappa shape index (κ3) is 3.34. The van der Waals surface area contributed by atoms with Gasteiger partial charge in [0.05, 0.1) is 0 Å². The normalized spacial score (nSPS) is 10.7. The zero-order valence-electron chi connectivity index (χ0n) is 3.96. The second-order valence-corrected chi connectivity index (χ2v) is 1.34. The molecule has 0 aromatic rings. The van der Waals surface area contributed by atoms with Crippen molar-refractivity contribution in [1.29, 1.82) is 0 Å². The summed E-state index contributed by atoms with van der Waals surface area (Å²) in [6.45, 7) is 6.59. The summed E-state index contributed by atoms with van der Waals surface area (Å²) in [5.74, 6) is 0. The molecule has 3 heteroatoms. The van der Waals surface area contributed by atoms with Crippen LogP contribution in [0.2, 0.25) is 0 Å². The maximum atomic E-state index is 3.66. The molecule has 0 N–H and O–H groups in total. The first kappa shape index (κ1) is 6.51. The Morgan fingerprint density at radius 1 is 1.71 bits per heavy atom. The molecule has 1 unspecified atom stereocenters. The first-order valence-electron chi connectivity index (χ1n) is 1.72. The summed E-state index contributed by atoms with van der Waals surface area (Å²) in [7, 11) is 2.30. The van der Waals surface area contributed by atoms with E-state index >= 15 is 0 Å². The molecule has 0 heterocycles. The van der Waals surface area contributed by atoms with Gasteiger partial charge in [0, 0.05) is 6.20 Å². The Hall–Kier alpha value is -0.490. The van der Waals surface area contributed by atoms with Crippen LogP contribution in [0.3, 0.4) is 0 Å². The smallest absolute Gasteiger partial charge is 0.143 e. The van der Waals surface area contributed by atoms with E-state index in [0.29, 0.717) is 5.58 Å². The van der Waals surface area contributed by atoms with E-state index in [1.807, 2.05) is 0 Å². The highest BCUT2D eigenvalue weighted by atomic mass is 31.0. The largest absolute Gasteiger partial charge is 0.245 e. The molecular formula is C4H7N2P. The van der Waals surface area contributed by atoms with Gasteiger partial charge >= 0.3 is 0 Å². The number of rotatable bonds is 1. The first-order chi connectivity index (χ1) is 3.31. The van der Waals surface area contributed by atoms with E-state index in [4.69, 9.17) is 0 Å². The summed E-state index contributed by atoms with van der Waals surface area (Å²) in [6, 6.07) is 0. The van der Waals surface area contributed by atoms with Gasteiger partial charge in [0.1, 0.15) is 5.58 Å². The molecule has 0 saturated heterocycles. The Bertz CT molecular complexity index is 106. The predicted octanol–water partition coefficient (Wildman–Crippen LogP) is 1.06. The van der Waals surface area contributed by atoms with Crippen LogP contribution in [0.1, 0.15) is 0 Å². The molecule has 0 rings (SSSR count). The Morgan fingerprint density at radius 2 is 2.29 bits per heavy atom. The van der Waals surface area contributed by atoms with Crippen LogP contribution < -0.4 is 0 Å². The number of aliphatic imine (C=N–C) groups is 2. The quantitative estimate of drug-likeness (QED) is 0.276. The van der Waals surface area contributed by atoms with Crippen LogP contribution in [0.15, 0.2) is 22.8 Å². The van der Waals surface area contributed by atoms with Gasteiger partial charge in [-0.3, -0.25) is 0 Å². The fourth-order valence-corrected chi connectivity index (χ4v) is 0.240. The van der Waals surface area contributed by atoms with Crippen molar-refractivity contribution in [2.45, 2.75) is 0 Å². The third-order valence-electron chi connectivity index (χ3n) is 0.386. The van der Waals surface area contributed by atoms with E-state index in [1.54, 1.807) is 0 Å². The van der Waals surface area contributed by atoms with Crippen molar-refractivity contribution < 1.29 is 0 Å². The predicted molar refractivity (Wildman–Crippen MR) is 36.9 cm³/mol. The lowest BCUT2D eigenvalue weighted by atomic mass is 11.0. The number of hydrogen-bond donors (Lipinski definition) is 0. The molecule has 1 atom stereocenters. The summed E-state index contributed by atoms with van der Waals surface area (Å²) in [4.78, 5) is 7.13. The van der Waals surface area contributed by atoms with Crippen molar-refractivity contribution in [1.82, 2.24) is 0 Å². The standard InChI is InChI=1S/C4H7N2P/c1-3-6-4(7)5-2/h3H,1-2,7H2. The monoisotopic (exact) mass is 114 g/mol. The lowest BCUT2D eigenvalue weighted by Gasteiger charge is -1.79. The van der Waals surface area contributed by atoms with Gasteiger partial charge in [0.25, 0.3) is 0 Å². The Labute approximate surface area is 45.3 Å². The van der Waals surface area contributed by atoms with E-state index in [2.05, 4.69) is 32.5 Å². The topological polar surface area (TPSA) is 24.7 Å². The SMILES string of the molecule is C=CN=C(P)N=C. The van der Waals surface area contributed by atoms with Crippen molar-refractivity contribution >= 4 is 21.5 Å². The average Bonchev–Trinajstić information content (AvgIpc) is 1.68. The van der Waals surface area contributed by atoms with Gasteiger partial charge in [-0.25, -0.2) is 9.98 Å². The van der Waals surface area contributed by atoms with Crippen molar-refractivity contribution in [3.8, 4) is 0 Å². The van der Waals surface area contributed by atoms with Crippen LogP contribution >= 0.6 is 9.24 Å². The summed E-state index contributed by atoms with van der Waals surface area (Å²) < 4.78 is 0. The van der Waals surface area contributed by atoms with Crippen LogP contribution in [0, 0.1) is 0 Å². The van der Waals surface area contributed by atoms with Crippen LogP contribution in [-0.2, 0) is 0 Å². The van der Waals surface area contributed by atoms with Gasteiger partial charge in [0.2, 0.25) is 0 Å². The maximum absolute atomic E-state index is 3.66. The number of nitrogens with zero attached hydrogens (tertiary/aromatic N) is 2. The van der Waals surface area contributed by atoms with Gasteiger partial charge in [-0.05, 0) is 6.72 Å². The molecule has 2 nitrogen and oxygen atoms in total. The molecule has 0 bridgehead atoms. The minimum Gasteiger partial charge on any atom is -0.245 e. The molecule has 0 aliphatic rings. The molecule has 0 radical (unpaired) electrons. The van der Waals surface area contributed by atoms with Crippen LogP contribution in [-0.4, -0.2) is 12.3 Å². The highest BCUT2D eigenvalue weighted by molar-refractivity contribution is 7.40. The molecule has 0 aromatic carbocycles. The Morgan fingerprint density at radius 3 is 2.43 bits per heavy atom. The summed E-state index contributed by atoms with van der Waals surface area (Å²) in [5.41, 5.74) is 0.565. The summed E-state index contributed by atoms with van der Waals surface area (Å²) in [5, 5.41) is 0. The lowest BCUT2D eigenvalue weighted by molar-refractivity contribution is 1.57. The molecule has 0 spiro atoms. The average molecular weight is 114 g/mol.